The Bertz CT molecular complexity index is 1400. The summed E-state index contributed by atoms with van der Waals surface area (Å²) < 4.78 is 48.3. The Morgan fingerprint density at radius 2 is 1.86 bits per heavy atom. The summed E-state index contributed by atoms with van der Waals surface area (Å²) in [5.74, 6) is -3.37. The van der Waals surface area contributed by atoms with Crippen LogP contribution in [-0.4, -0.2) is 26.4 Å². The van der Waals surface area contributed by atoms with Crippen molar-refractivity contribution in [2.45, 2.75) is 38.4 Å². The molecule has 1 aliphatic rings. The van der Waals surface area contributed by atoms with Crippen LogP contribution in [0.1, 0.15) is 45.2 Å². The summed E-state index contributed by atoms with van der Waals surface area (Å²) in [6.45, 7) is 1.22. The fourth-order valence-corrected chi connectivity index (χ4v) is 4.66. The molecule has 0 amide bonds. The number of hydrogen-bond donors (Lipinski definition) is 1. The molecular formula is C26H22ClF3N2O3. The minimum absolute atomic E-state index is 0. The van der Waals surface area contributed by atoms with E-state index in [2.05, 4.69) is 4.98 Å². The average Bonchev–Trinajstić information content (AvgIpc) is 3.29. The number of pyridine rings is 1. The van der Waals surface area contributed by atoms with Crippen LogP contribution in [0.25, 0.3) is 5.65 Å². The minimum atomic E-state index is -1.05. The maximum absolute atomic E-state index is 14.0. The number of ketones is 1. The third kappa shape index (κ3) is 4.51. The zero-order valence-corrected chi connectivity index (χ0v) is 19.5. The van der Waals surface area contributed by atoms with Gasteiger partial charge in [0.25, 0.3) is 0 Å². The number of fused-ring (bicyclic) bond motifs is 2. The van der Waals surface area contributed by atoms with Crippen molar-refractivity contribution in [3.63, 3.8) is 0 Å². The molecule has 1 N–H and O–H groups in total. The zero-order valence-electron chi connectivity index (χ0n) is 18.7. The molecule has 0 unspecified atom stereocenters. The van der Waals surface area contributed by atoms with Gasteiger partial charge in [-0.1, -0.05) is 24.3 Å². The van der Waals surface area contributed by atoms with E-state index < -0.39 is 35.7 Å². The van der Waals surface area contributed by atoms with Gasteiger partial charge in [-0.05, 0) is 36.6 Å². The fraction of sp³-hybridized carbons (Fsp3) is 0.231. The number of carbonyl (C=O) groups excluding carboxylic acids is 1. The summed E-state index contributed by atoms with van der Waals surface area (Å²) in [5.41, 5.74) is 2.76. The number of aromatic nitrogens is 2. The predicted molar refractivity (Wildman–Crippen MR) is 126 cm³/mol. The average molecular weight is 503 g/mol. The molecule has 4 aromatic rings. The normalized spacial score (nSPS) is 16.7. The molecule has 0 saturated carbocycles. The summed E-state index contributed by atoms with van der Waals surface area (Å²) in [5, 5.41) is 10.5. The van der Waals surface area contributed by atoms with Crippen LogP contribution in [0.4, 0.5) is 13.2 Å². The Morgan fingerprint density at radius 3 is 2.60 bits per heavy atom. The van der Waals surface area contributed by atoms with E-state index in [4.69, 9.17) is 4.74 Å². The van der Waals surface area contributed by atoms with Crippen molar-refractivity contribution in [3.8, 4) is 5.75 Å². The highest BCUT2D eigenvalue weighted by Gasteiger charge is 2.33. The highest BCUT2D eigenvalue weighted by atomic mass is 35.5. The number of aliphatic hydroxyl groups is 1. The van der Waals surface area contributed by atoms with Crippen molar-refractivity contribution in [2.24, 2.45) is 0 Å². The number of rotatable bonds is 6. The number of ether oxygens (including phenoxy) is 1. The van der Waals surface area contributed by atoms with E-state index >= 15 is 0 Å². The Labute approximate surface area is 205 Å². The van der Waals surface area contributed by atoms with E-state index in [9.17, 15) is 23.1 Å². The first kappa shape index (κ1) is 24.8. The van der Waals surface area contributed by atoms with Crippen LogP contribution in [-0.2, 0) is 13.0 Å². The number of benzene rings is 2. The number of hydrogen-bond acceptors (Lipinski definition) is 4. The third-order valence-electron chi connectivity index (χ3n) is 6.28. The van der Waals surface area contributed by atoms with Gasteiger partial charge in [-0.15, -0.1) is 12.4 Å². The molecule has 2 aromatic carbocycles. The van der Waals surface area contributed by atoms with E-state index in [1.807, 2.05) is 24.3 Å². The maximum atomic E-state index is 14.0. The van der Waals surface area contributed by atoms with Crippen LogP contribution in [0.5, 0.6) is 5.75 Å². The molecule has 9 heteroatoms. The second-order valence-corrected chi connectivity index (χ2v) is 8.45. The first-order valence-corrected chi connectivity index (χ1v) is 10.9. The first-order valence-electron chi connectivity index (χ1n) is 10.9. The molecule has 2 heterocycles. The van der Waals surface area contributed by atoms with Crippen LogP contribution in [0.3, 0.4) is 0 Å². The molecule has 0 saturated heterocycles. The van der Waals surface area contributed by atoms with Gasteiger partial charge in [-0.2, -0.15) is 0 Å². The monoisotopic (exact) mass is 502 g/mol. The molecular weight excluding hydrogens is 481 g/mol. The predicted octanol–water partition coefficient (Wildman–Crippen LogP) is 5.33. The summed E-state index contributed by atoms with van der Waals surface area (Å²) in [6.07, 6.45) is 1.65. The summed E-state index contributed by atoms with van der Waals surface area (Å²) >= 11 is 0. The molecule has 5 rings (SSSR count). The van der Waals surface area contributed by atoms with E-state index in [1.165, 1.54) is 0 Å². The highest BCUT2D eigenvalue weighted by Crippen LogP contribution is 2.37. The fourth-order valence-electron chi connectivity index (χ4n) is 4.66. The van der Waals surface area contributed by atoms with Gasteiger partial charge in [0.05, 0.1) is 17.4 Å². The maximum Gasteiger partial charge on any atom is 0.182 e. The molecule has 5 nitrogen and oxygen atoms in total. The minimum Gasteiger partial charge on any atom is -0.485 e. The molecule has 2 aromatic heterocycles. The van der Waals surface area contributed by atoms with Gasteiger partial charge in [0.15, 0.2) is 17.2 Å². The van der Waals surface area contributed by atoms with Crippen LogP contribution >= 0.6 is 12.4 Å². The first-order chi connectivity index (χ1) is 16.3. The number of carbonyl (C=O) groups is 1. The van der Waals surface area contributed by atoms with Crippen LogP contribution in [0.2, 0.25) is 0 Å². The Morgan fingerprint density at radius 1 is 1.14 bits per heavy atom. The van der Waals surface area contributed by atoms with Crippen molar-refractivity contribution in [1.29, 1.82) is 0 Å². The standard InChI is InChI=1S/C26H21F3N2O3.ClH/c1-14-25(23(33)12-18-17-6-3-2-5-15(17)9-22(18)32)31-8-4-7-24(26(31)30-14)34-13-19-20(28)10-16(27)11-21(19)29;/h2-8,10-11,18,22,32H,9,12-13H2,1H3;1H/t18-,22+;/m1./s1. The molecule has 0 fully saturated rings. The van der Waals surface area contributed by atoms with Crippen molar-refractivity contribution in [3.05, 3.63) is 100 Å². The lowest BCUT2D eigenvalue weighted by Gasteiger charge is -2.15. The van der Waals surface area contributed by atoms with Crippen molar-refractivity contribution in [1.82, 2.24) is 9.38 Å². The van der Waals surface area contributed by atoms with Gasteiger partial charge in [0.2, 0.25) is 0 Å². The molecule has 0 radical (unpaired) electrons. The SMILES string of the molecule is Cc1nc2c(OCc3c(F)cc(F)cc3F)cccn2c1C(=O)C[C@@H]1c2ccccc2C[C@@H]1O.Cl. The largest absolute Gasteiger partial charge is 0.485 e. The zero-order chi connectivity index (χ0) is 24.0. The second kappa shape index (κ2) is 9.71. The van der Waals surface area contributed by atoms with Crippen molar-refractivity contribution in [2.75, 3.05) is 0 Å². The molecule has 35 heavy (non-hydrogen) atoms. The summed E-state index contributed by atoms with van der Waals surface area (Å²) in [6, 6.07) is 12.1. The van der Waals surface area contributed by atoms with Crippen LogP contribution in [0.15, 0.2) is 54.7 Å². The molecule has 0 spiro atoms. The van der Waals surface area contributed by atoms with E-state index in [0.29, 0.717) is 35.6 Å². The Hall–Kier alpha value is -3.36. The van der Waals surface area contributed by atoms with E-state index in [1.54, 1.807) is 29.7 Å². The van der Waals surface area contributed by atoms with Crippen LogP contribution < -0.4 is 4.74 Å². The van der Waals surface area contributed by atoms with E-state index in [0.717, 1.165) is 11.1 Å². The van der Waals surface area contributed by atoms with Gasteiger partial charge in [-0.25, -0.2) is 18.2 Å². The summed E-state index contributed by atoms with van der Waals surface area (Å²) in [4.78, 5) is 17.8. The van der Waals surface area contributed by atoms with Crippen LogP contribution in [0, 0.1) is 24.4 Å². The van der Waals surface area contributed by atoms with Gasteiger partial charge < -0.3 is 9.84 Å². The van der Waals surface area contributed by atoms with Gasteiger partial charge >= 0.3 is 0 Å². The number of aliphatic hydroxyl groups excluding tert-OH is 1. The topological polar surface area (TPSA) is 63.8 Å². The number of aryl methyl sites for hydroxylation is 1. The van der Waals surface area contributed by atoms with Gasteiger partial charge in [-0.3, -0.25) is 9.20 Å². The van der Waals surface area contributed by atoms with E-state index in [-0.39, 0.29) is 36.3 Å². The Balaban J connectivity index is 0.00000289. The lowest BCUT2D eigenvalue weighted by Crippen LogP contribution is -2.18. The third-order valence-corrected chi connectivity index (χ3v) is 6.28. The van der Waals surface area contributed by atoms with Crippen molar-refractivity contribution >= 4 is 23.8 Å². The molecule has 0 aliphatic heterocycles. The van der Waals surface area contributed by atoms with Gasteiger partial charge in [0.1, 0.15) is 29.8 Å². The number of imidazole rings is 1. The highest BCUT2D eigenvalue weighted by molar-refractivity contribution is 5.97. The molecule has 2 atom stereocenters. The molecule has 1 aliphatic carbocycles. The van der Waals surface area contributed by atoms with Gasteiger partial charge in [0, 0.05) is 30.7 Å². The summed E-state index contributed by atoms with van der Waals surface area (Å²) in [7, 11) is 0. The number of Topliss-reactive ketones (excluding diaryl/α,β-unsaturated/α-hetero) is 1. The number of halogens is 4. The van der Waals surface area contributed by atoms with Crippen molar-refractivity contribution < 1.29 is 27.8 Å². The molecule has 182 valence electrons. The second-order valence-electron chi connectivity index (χ2n) is 8.45. The lowest BCUT2D eigenvalue weighted by atomic mass is 9.93. The Kier molecular flexibility index (Phi) is 6.87. The smallest absolute Gasteiger partial charge is 0.182 e. The molecule has 0 bridgehead atoms. The number of nitrogens with zero attached hydrogens (tertiary/aromatic N) is 2. The quantitative estimate of drug-likeness (QED) is 0.362. The lowest BCUT2D eigenvalue weighted by molar-refractivity contribution is 0.0915.